The third-order valence-corrected chi connectivity index (χ3v) is 3.62. The standard InChI is InChI=1S/C12H22N2O/c1-2-8-14(9-6-7-9)12(15)10-4-3-5-11(10)13/h9-11H,2-8,13H2,1H3. The molecule has 0 saturated heterocycles. The van der Waals surface area contributed by atoms with Crippen LogP contribution in [0, 0.1) is 5.92 Å². The molecule has 2 fully saturated rings. The Balaban J connectivity index is 1.96. The maximum Gasteiger partial charge on any atom is 0.227 e. The third-order valence-electron chi connectivity index (χ3n) is 3.62. The second kappa shape index (κ2) is 4.52. The van der Waals surface area contributed by atoms with Gasteiger partial charge in [0.1, 0.15) is 0 Å². The molecule has 0 aromatic rings. The third kappa shape index (κ3) is 2.33. The van der Waals surface area contributed by atoms with E-state index in [0.717, 1.165) is 32.2 Å². The average Bonchev–Trinajstić information content (AvgIpc) is 2.97. The van der Waals surface area contributed by atoms with E-state index < -0.39 is 0 Å². The largest absolute Gasteiger partial charge is 0.339 e. The van der Waals surface area contributed by atoms with Crippen molar-refractivity contribution in [3.8, 4) is 0 Å². The van der Waals surface area contributed by atoms with Gasteiger partial charge in [-0.2, -0.15) is 0 Å². The topological polar surface area (TPSA) is 46.3 Å². The lowest BCUT2D eigenvalue weighted by atomic mass is 10.0. The van der Waals surface area contributed by atoms with E-state index in [4.69, 9.17) is 5.73 Å². The van der Waals surface area contributed by atoms with Gasteiger partial charge >= 0.3 is 0 Å². The Labute approximate surface area is 92.0 Å². The summed E-state index contributed by atoms with van der Waals surface area (Å²) >= 11 is 0. The highest BCUT2D eigenvalue weighted by Crippen LogP contribution is 2.32. The first-order chi connectivity index (χ1) is 7.24. The number of carbonyl (C=O) groups excluding carboxylic acids is 1. The summed E-state index contributed by atoms with van der Waals surface area (Å²) in [5.41, 5.74) is 5.99. The minimum atomic E-state index is 0.121. The highest BCUT2D eigenvalue weighted by molar-refractivity contribution is 5.80. The maximum atomic E-state index is 12.3. The molecule has 3 heteroatoms. The zero-order chi connectivity index (χ0) is 10.8. The van der Waals surface area contributed by atoms with E-state index in [9.17, 15) is 4.79 Å². The Morgan fingerprint density at radius 1 is 1.33 bits per heavy atom. The number of amides is 1. The van der Waals surface area contributed by atoms with Crippen LogP contribution in [0.1, 0.15) is 45.4 Å². The van der Waals surface area contributed by atoms with Gasteiger partial charge in [0.05, 0.1) is 5.92 Å². The molecule has 2 rings (SSSR count). The van der Waals surface area contributed by atoms with E-state index in [1.807, 2.05) is 0 Å². The van der Waals surface area contributed by atoms with Crippen LogP contribution in [0.2, 0.25) is 0 Å². The predicted molar refractivity (Wildman–Crippen MR) is 60.3 cm³/mol. The molecule has 2 aliphatic rings. The van der Waals surface area contributed by atoms with Crippen LogP contribution in [0.3, 0.4) is 0 Å². The average molecular weight is 210 g/mol. The van der Waals surface area contributed by atoms with Crippen molar-refractivity contribution in [3.05, 3.63) is 0 Å². The molecule has 2 unspecified atom stereocenters. The molecule has 2 aliphatic carbocycles. The van der Waals surface area contributed by atoms with E-state index in [1.54, 1.807) is 0 Å². The summed E-state index contributed by atoms with van der Waals surface area (Å²) in [5.74, 6) is 0.460. The molecular formula is C12H22N2O. The molecule has 0 aliphatic heterocycles. The number of nitrogens with two attached hydrogens (primary N) is 1. The van der Waals surface area contributed by atoms with Crippen LogP contribution in [0.15, 0.2) is 0 Å². The lowest BCUT2D eigenvalue weighted by Gasteiger charge is -2.26. The monoisotopic (exact) mass is 210 g/mol. The van der Waals surface area contributed by atoms with Gasteiger partial charge in [-0.05, 0) is 32.1 Å². The zero-order valence-corrected chi connectivity index (χ0v) is 9.61. The first-order valence-electron chi connectivity index (χ1n) is 6.30. The maximum absolute atomic E-state index is 12.3. The second-order valence-electron chi connectivity index (χ2n) is 4.96. The summed E-state index contributed by atoms with van der Waals surface area (Å²) in [6.07, 6.45) is 6.63. The molecule has 0 aromatic carbocycles. The minimum Gasteiger partial charge on any atom is -0.339 e. The molecule has 0 spiro atoms. The van der Waals surface area contributed by atoms with Crippen molar-refractivity contribution in [1.29, 1.82) is 0 Å². The summed E-state index contributed by atoms with van der Waals surface area (Å²) in [6.45, 7) is 3.06. The molecule has 1 amide bonds. The molecule has 0 radical (unpaired) electrons. The lowest BCUT2D eigenvalue weighted by molar-refractivity contribution is -0.136. The van der Waals surface area contributed by atoms with Crippen LogP contribution in [0.25, 0.3) is 0 Å². The highest BCUT2D eigenvalue weighted by Gasteiger charge is 2.38. The minimum absolute atomic E-state index is 0.121. The van der Waals surface area contributed by atoms with E-state index in [1.165, 1.54) is 12.8 Å². The Hall–Kier alpha value is -0.570. The normalized spacial score (nSPS) is 30.5. The van der Waals surface area contributed by atoms with Gasteiger partial charge in [0, 0.05) is 18.6 Å². The molecule has 0 bridgehead atoms. The Kier molecular flexibility index (Phi) is 3.29. The van der Waals surface area contributed by atoms with Gasteiger partial charge in [-0.1, -0.05) is 13.3 Å². The fourth-order valence-electron chi connectivity index (χ4n) is 2.61. The van der Waals surface area contributed by atoms with Crippen molar-refractivity contribution in [2.24, 2.45) is 11.7 Å². The van der Waals surface area contributed by atoms with Crippen molar-refractivity contribution in [1.82, 2.24) is 4.90 Å². The van der Waals surface area contributed by atoms with Gasteiger partial charge < -0.3 is 10.6 Å². The summed E-state index contributed by atoms with van der Waals surface area (Å²) in [5, 5.41) is 0. The summed E-state index contributed by atoms with van der Waals surface area (Å²) in [4.78, 5) is 14.4. The summed E-state index contributed by atoms with van der Waals surface area (Å²) in [6, 6.07) is 0.667. The van der Waals surface area contributed by atoms with Gasteiger partial charge in [-0.25, -0.2) is 0 Å². The number of carbonyl (C=O) groups is 1. The van der Waals surface area contributed by atoms with Gasteiger partial charge in [-0.15, -0.1) is 0 Å². The molecule has 2 atom stereocenters. The Bertz CT molecular complexity index is 238. The predicted octanol–water partition coefficient (Wildman–Crippen LogP) is 1.51. The SMILES string of the molecule is CCCN(C(=O)C1CCCC1N)C1CC1. The molecule has 2 N–H and O–H groups in total. The number of rotatable bonds is 4. The molecule has 15 heavy (non-hydrogen) atoms. The number of hydrogen-bond acceptors (Lipinski definition) is 2. The molecule has 86 valence electrons. The van der Waals surface area contributed by atoms with Crippen molar-refractivity contribution >= 4 is 5.91 Å². The number of hydrogen-bond donors (Lipinski definition) is 1. The Morgan fingerprint density at radius 2 is 2.07 bits per heavy atom. The zero-order valence-electron chi connectivity index (χ0n) is 9.61. The first kappa shape index (κ1) is 10.9. The van der Waals surface area contributed by atoms with Crippen LogP contribution < -0.4 is 5.73 Å². The van der Waals surface area contributed by atoms with Gasteiger partial charge in [0.2, 0.25) is 5.91 Å². The van der Waals surface area contributed by atoms with Crippen LogP contribution in [0.4, 0.5) is 0 Å². The summed E-state index contributed by atoms with van der Waals surface area (Å²) < 4.78 is 0. The van der Waals surface area contributed by atoms with E-state index in [-0.39, 0.29) is 12.0 Å². The molecule has 3 nitrogen and oxygen atoms in total. The van der Waals surface area contributed by atoms with Crippen molar-refractivity contribution in [2.45, 2.75) is 57.5 Å². The van der Waals surface area contributed by atoms with Gasteiger partial charge in [-0.3, -0.25) is 4.79 Å². The lowest BCUT2D eigenvalue weighted by Crippen LogP contribution is -2.43. The molecule has 2 saturated carbocycles. The van der Waals surface area contributed by atoms with Gasteiger partial charge in [0.25, 0.3) is 0 Å². The smallest absolute Gasteiger partial charge is 0.227 e. The summed E-state index contributed by atoms with van der Waals surface area (Å²) in [7, 11) is 0. The molecule has 0 heterocycles. The van der Waals surface area contributed by atoms with Gasteiger partial charge in [0.15, 0.2) is 0 Å². The van der Waals surface area contributed by atoms with Crippen molar-refractivity contribution < 1.29 is 4.79 Å². The van der Waals surface area contributed by atoms with Crippen LogP contribution in [-0.4, -0.2) is 29.4 Å². The van der Waals surface area contributed by atoms with E-state index in [2.05, 4.69) is 11.8 Å². The second-order valence-corrected chi connectivity index (χ2v) is 4.96. The van der Waals surface area contributed by atoms with Crippen LogP contribution in [-0.2, 0) is 4.79 Å². The van der Waals surface area contributed by atoms with E-state index >= 15 is 0 Å². The first-order valence-corrected chi connectivity index (χ1v) is 6.30. The Morgan fingerprint density at radius 3 is 2.53 bits per heavy atom. The fraction of sp³-hybridized carbons (Fsp3) is 0.917. The fourth-order valence-corrected chi connectivity index (χ4v) is 2.61. The molecule has 0 aromatic heterocycles. The van der Waals surface area contributed by atoms with E-state index in [0.29, 0.717) is 11.9 Å². The highest BCUT2D eigenvalue weighted by atomic mass is 16.2. The van der Waals surface area contributed by atoms with Crippen molar-refractivity contribution in [3.63, 3.8) is 0 Å². The molecular weight excluding hydrogens is 188 g/mol. The number of nitrogens with zero attached hydrogens (tertiary/aromatic N) is 1. The van der Waals surface area contributed by atoms with Crippen LogP contribution >= 0.6 is 0 Å². The van der Waals surface area contributed by atoms with Crippen LogP contribution in [0.5, 0.6) is 0 Å². The quantitative estimate of drug-likeness (QED) is 0.764. The van der Waals surface area contributed by atoms with Crippen molar-refractivity contribution in [2.75, 3.05) is 6.54 Å².